The summed E-state index contributed by atoms with van der Waals surface area (Å²) < 4.78 is 30.6. The van der Waals surface area contributed by atoms with Crippen LogP contribution in [0, 0.1) is 29.1 Å². The minimum atomic E-state index is -0.349. The van der Waals surface area contributed by atoms with E-state index in [0.717, 1.165) is 100 Å². The van der Waals surface area contributed by atoms with E-state index in [1.807, 2.05) is 51.1 Å². The van der Waals surface area contributed by atoms with Crippen molar-refractivity contribution in [2.75, 3.05) is 0 Å². The molecule has 0 aromatic heterocycles. The number of carbonyl (C=O) groups excluding carboxylic acids is 5. The Hall–Kier alpha value is -4.43. The highest BCUT2D eigenvalue weighted by molar-refractivity contribution is 5.71. The number of nitrogens with zero attached hydrogens (tertiary/aromatic N) is 5. The highest BCUT2D eigenvalue weighted by Gasteiger charge is 2.59. The molecule has 1 aromatic carbocycles. The van der Waals surface area contributed by atoms with Crippen LogP contribution in [0.3, 0.4) is 0 Å². The SMILES string of the molecule is CC(C)(OC(=O)N(C1CCCCC1)C1CCCCC1)C12CC3CC(CC(C3)C1)C2.CC(C)(OC(=O)N(C1CCCCC1)C1CCCCC1)C1CCCC1.CC(OC(=O)N(C1CCCCC1)C1CCCCC1)c1ccccc1.CCC(C)(C)OC(=O)N(C1CCCCC1)C1CCCCC1.CCC(CC)(CC)OC(=O)N(C1CCCCC1)C1CCCCC1. The lowest BCUT2D eigenvalue weighted by Crippen LogP contribution is -2.59. The summed E-state index contributed by atoms with van der Waals surface area (Å²) in [6.07, 6.45) is 78.4. The lowest BCUT2D eigenvalue weighted by Gasteiger charge is -2.61. The van der Waals surface area contributed by atoms with Gasteiger partial charge < -0.3 is 48.2 Å². The Morgan fingerprint density at radius 2 is 0.554 bits per heavy atom. The summed E-state index contributed by atoms with van der Waals surface area (Å²) in [5.41, 5.74) is 0.0502. The molecule has 121 heavy (non-hydrogen) atoms. The fourth-order valence-corrected chi connectivity index (χ4v) is 26.4. The molecule has 16 rings (SSSR count). The number of rotatable bonds is 22. The van der Waals surface area contributed by atoms with Crippen LogP contribution in [0.25, 0.3) is 0 Å². The molecule has 0 N–H and O–H groups in total. The van der Waals surface area contributed by atoms with Gasteiger partial charge in [-0.05, 0) is 283 Å². The van der Waals surface area contributed by atoms with Gasteiger partial charge in [0.25, 0.3) is 0 Å². The van der Waals surface area contributed by atoms with Crippen LogP contribution >= 0.6 is 0 Å². The summed E-state index contributed by atoms with van der Waals surface area (Å²) in [4.78, 5) is 76.9. The van der Waals surface area contributed by atoms with Crippen molar-refractivity contribution in [3.05, 3.63) is 35.9 Å². The van der Waals surface area contributed by atoms with Crippen LogP contribution < -0.4 is 0 Å². The van der Waals surface area contributed by atoms with Crippen molar-refractivity contribution >= 4 is 30.5 Å². The third kappa shape index (κ3) is 27.6. The summed E-state index contributed by atoms with van der Waals surface area (Å²) in [6.45, 7) is 23.3. The quantitative estimate of drug-likeness (QED) is 0.103. The first-order valence-electron chi connectivity index (χ1n) is 52.6. The minimum absolute atomic E-state index is 0.00861. The molecule has 15 heteroatoms. The van der Waals surface area contributed by atoms with Crippen LogP contribution in [-0.4, -0.2) is 138 Å². The molecule has 1 aromatic rings. The lowest BCUT2D eigenvalue weighted by molar-refractivity contribution is -0.169. The van der Waals surface area contributed by atoms with Crippen LogP contribution in [-0.2, 0) is 23.7 Å². The topological polar surface area (TPSA) is 148 Å². The Morgan fingerprint density at radius 3 is 0.818 bits per heavy atom. The molecular weight excluding hydrogens is 1500 g/mol. The van der Waals surface area contributed by atoms with E-state index in [1.54, 1.807) is 0 Å². The molecule has 0 saturated heterocycles. The summed E-state index contributed by atoms with van der Waals surface area (Å²) in [6, 6.07) is 14.2. The maximum Gasteiger partial charge on any atom is 0.410 e. The molecule has 15 fully saturated rings. The van der Waals surface area contributed by atoms with Crippen LogP contribution in [0.1, 0.15) is 499 Å². The van der Waals surface area contributed by atoms with Gasteiger partial charge in [0, 0.05) is 65.8 Å². The van der Waals surface area contributed by atoms with Crippen molar-refractivity contribution in [2.24, 2.45) is 29.1 Å². The molecule has 5 amide bonds. The van der Waals surface area contributed by atoms with Crippen LogP contribution in [0.15, 0.2) is 30.3 Å². The number of ether oxygens (including phenoxy) is 5. The monoisotopic (exact) mass is 1680 g/mol. The molecule has 0 spiro atoms. The van der Waals surface area contributed by atoms with Crippen molar-refractivity contribution in [3.63, 3.8) is 0 Å². The second-order valence-electron chi connectivity index (χ2n) is 43.5. The molecule has 15 aliphatic carbocycles. The second-order valence-corrected chi connectivity index (χ2v) is 43.5. The number of benzene rings is 1. The minimum Gasteiger partial charge on any atom is -0.443 e. The molecule has 0 aliphatic heterocycles. The van der Waals surface area contributed by atoms with Gasteiger partial charge >= 0.3 is 30.5 Å². The fraction of sp³-hybridized carbons (Fsp3) is 0.896. The largest absolute Gasteiger partial charge is 0.443 e. The highest BCUT2D eigenvalue weighted by Crippen LogP contribution is 2.64. The predicted octanol–water partition coefficient (Wildman–Crippen LogP) is 30.3. The zero-order chi connectivity index (χ0) is 85.8. The van der Waals surface area contributed by atoms with Gasteiger partial charge in [-0.1, -0.05) is 263 Å². The average Bonchev–Trinajstić information content (AvgIpc) is 0.823. The summed E-state index contributed by atoms with van der Waals surface area (Å²) in [7, 11) is 0. The highest BCUT2D eigenvalue weighted by atomic mass is 16.6. The summed E-state index contributed by atoms with van der Waals surface area (Å²) >= 11 is 0. The fourth-order valence-electron chi connectivity index (χ4n) is 26.4. The van der Waals surface area contributed by atoms with Gasteiger partial charge in [0.05, 0.1) is 0 Å². The van der Waals surface area contributed by atoms with Crippen LogP contribution in [0.4, 0.5) is 24.0 Å². The number of amides is 5. The zero-order valence-corrected chi connectivity index (χ0v) is 79.6. The van der Waals surface area contributed by atoms with Gasteiger partial charge in [-0.2, -0.15) is 0 Å². The first-order chi connectivity index (χ1) is 58.5. The van der Waals surface area contributed by atoms with E-state index in [1.165, 1.54) is 334 Å². The van der Waals surface area contributed by atoms with E-state index >= 15 is 0 Å². The summed E-state index contributed by atoms with van der Waals surface area (Å²) in [5.74, 6) is 3.23. The van der Waals surface area contributed by atoms with Gasteiger partial charge in [0.1, 0.15) is 28.5 Å². The molecule has 1 unspecified atom stereocenters. The Morgan fingerprint density at radius 1 is 0.314 bits per heavy atom. The Bertz CT molecular complexity index is 3010. The first kappa shape index (κ1) is 97.2. The maximum absolute atomic E-state index is 13.8. The number of hydrogen-bond acceptors (Lipinski definition) is 10. The third-order valence-electron chi connectivity index (χ3n) is 34.1. The average molecular weight is 1690 g/mol. The molecule has 1 atom stereocenters. The molecule has 15 nitrogen and oxygen atoms in total. The Labute approximate surface area is 739 Å². The van der Waals surface area contributed by atoms with Gasteiger partial charge in [-0.25, -0.2) is 24.0 Å². The molecule has 0 radical (unpaired) electrons. The predicted molar refractivity (Wildman–Crippen MR) is 494 cm³/mol. The van der Waals surface area contributed by atoms with Crippen molar-refractivity contribution in [3.8, 4) is 0 Å². The van der Waals surface area contributed by atoms with Gasteiger partial charge in [0.15, 0.2) is 0 Å². The van der Waals surface area contributed by atoms with E-state index in [9.17, 15) is 24.0 Å². The number of hydrogen-bond donors (Lipinski definition) is 0. The lowest BCUT2D eigenvalue weighted by atomic mass is 9.46. The Kier molecular flexibility index (Phi) is 38.6. The Balaban J connectivity index is 0.000000148. The normalized spacial score (nSPS) is 26.2. The van der Waals surface area contributed by atoms with Crippen LogP contribution in [0.5, 0.6) is 0 Å². The molecular formula is C106H181N5O10. The van der Waals surface area contributed by atoms with Crippen molar-refractivity contribution in [1.82, 2.24) is 24.5 Å². The maximum atomic E-state index is 13.8. The van der Waals surface area contributed by atoms with Gasteiger partial charge in [-0.3, -0.25) is 0 Å². The van der Waals surface area contributed by atoms with Gasteiger partial charge in [-0.15, -0.1) is 0 Å². The van der Waals surface area contributed by atoms with E-state index in [2.05, 4.69) is 79.9 Å². The van der Waals surface area contributed by atoms with E-state index in [4.69, 9.17) is 23.7 Å². The first-order valence-corrected chi connectivity index (χ1v) is 52.6. The second kappa shape index (κ2) is 48.1. The van der Waals surface area contributed by atoms with E-state index in [0.29, 0.717) is 66.3 Å². The number of carbonyl (C=O) groups is 5. The zero-order valence-electron chi connectivity index (χ0n) is 79.6. The van der Waals surface area contributed by atoms with Gasteiger partial charge in [0.2, 0.25) is 0 Å². The standard InChI is InChI=1S/C26H43NO2.C21H37NO2.C21H31NO2.C20H37NO2.C18H33NO2/c1-25(2,26-16-19-13-20(17-26)15-21(14-19)18-26)29-24(28)27(22-9-5-3-6-10-22)23-11-7-4-8-12-23;1-21(2,17-11-9-10-12-17)24-20(23)22(18-13-5-3-6-14-18)19-15-7-4-8-16-19;1-17(18-11-5-2-6-12-18)24-21(23)22(19-13-7-3-8-14-19)20-15-9-4-10-16-20;1-4-20(5-2,6-3)23-19(22)21(17-13-9-7-10-14-17)18-15-11-8-12-16-18;1-4-18(2,3)21-17(20)19(15-11-7-5-8-12-15)16-13-9-6-10-14-16/h19-23H,3-18H2,1-2H3;17-19H,3-16H2,1-2H3;2,5-6,11-12,17,19-20H,3-4,7-10,13-16H2,1H3;17-18H,4-16H2,1-3H3;15-16H,4-14H2,1-3H3. The smallest absolute Gasteiger partial charge is 0.410 e. The van der Waals surface area contributed by atoms with Crippen LogP contribution in [0.2, 0.25) is 0 Å². The van der Waals surface area contributed by atoms with E-state index < -0.39 is 0 Å². The molecule has 15 aliphatic rings. The van der Waals surface area contributed by atoms with E-state index in [-0.39, 0.29) is 64.4 Å². The third-order valence-corrected chi connectivity index (χ3v) is 34.1. The van der Waals surface area contributed by atoms with Crippen molar-refractivity contribution < 1.29 is 47.7 Å². The molecule has 690 valence electrons. The van der Waals surface area contributed by atoms with Crippen molar-refractivity contribution in [2.45, 2.75) is 576 Å². The van der Waals surface area contributed by atoms with Crippen molar-refractivity contribution in [1.29, 1.82) is 0 Å². The summed E-state index contributed by atoms with van der Waals surface area (Å²) in [5, 5.41) is 0. The molecule has 4 bridgehead atoms. The molecule has 0 heterocycles. The molecule has 15 saturated carbocycles.